The van der Waals surface area contributed by atoms with Crippen molar-refractivity contribution in [3.63, 3.8) is 0 Å². The molecule has 0 saturated carbocycles. The number of pyridine rings is 1. The molecular weight excluding hydrogens is 134 g/mol. The Kier molecular flexibility index (Phi) is 3.09. The molecule has 11 heavy (non-hydrogen) atoms. The van der Waals surface area contributed by atoms with Gasteiger partial charge in [-0.15, -0.1) is 0 Å². The van der Waals surface area contributed by atoms with Gasteiger partial charge in [0.1, 0.15) is 0 Å². The molecule has 1 nitrogen and oxygen atoms in total. The molecule has 1 rings (SSSR count). The van der Waals surface area contributed by atoms with Crippen LogP contribution >= 0.6 is 0 Å². The number of rotatable bonds is 3. The topological polar surface area (TPSA) is 12.9 Å². The number of nitrogens with zero attached hydrogens (tertiary/aromatic N) is 1. The summed E-state index contributed by atoms with van der Waals surface area (Å²) in [4.78, 5) is 4.27. The van der Waals surface area contributed by atoms with E-state index in [4.69, 9.17) is 0 Å². The van der Waals surface area contributed by atoms with Crippen LogP contribution in [0.25, 0.3) is 0 Å². The maximum Gasteiger partial charge on any atom is 0.0406 e. The quantitative estimate of drug-likeness (QED) is 0.644. The van der Waals surface area contributed by atoms with Crippen LogP contribution in [0.5, 0.6) is 0 Å². The van der Waals surface area contributed by atoms with Crippen molar-refractivity contribution in [2.45, 2.75) is 26.7 Å². The minimum atomic E-state index is 0.755. The Balaban J connectivity index is 2.51. The molecule has 1 heterocycles. The minimum Gasteiger partial charge on any atom is -0.261 e. The van der Waals surface area contributed by atoms with Crippen molar-refractivity contribution in [3.05, 3.63) is 30.1 Å². The molecule has 0 radical (unpaired) electrons. The molecule has 0 aliphatic carbocycles. The molecule has 0 aliphatic rings. The molecule has 0 spiro atoms. The van der Waals surface area contributed by atoms with Gasteiger partial charge in [0, 0.05) is 11.9 Å². The van der Waals surface area contributed by atoms with E-state index in [1.54, 1.807) is 0 Å². The van der Waals surface area contributed by atoms with Gasteiger partial charge in [-0.25, -0.2) is 0 Å². The van der Waals surface area contributed by atoms with Crippen molar-refractivity contribution in [2.24, 2.45) is 5.92 Å². The Morgan fingerprint density at radius 2 is 2.27 bits per heavy atom. The summed E-state index contributed by atoms with van der Waals surface area (Å²) in [6.07, 6.45) is 4.20. The Labute approximate surface area is 68.5 Å². The van der Waals surface area contributed by atoms with Gasteiger partial charge in [-0.3, -0.25) is 4.98 Å². The second-order valence-electron chi connectivity index (χ2n) is 3.04. The molecule has 1 heteroatoms. The molecule has 0 amide bonds. The van der Waals surface area contributed by atoms with Crippen LogP contribution in [0.1, 0.15) is 26.0 Å². The van der Waals surface area contributed by atoms with E-state index in [-0.39, 0.29) is 0 Å². The molecule has 1 aromatic rings. The fraction of sp³-hybridized carbons (Fsp3) is 0.500. The fourth-order valence-electron chi connectivity index (χ4n) is 1.02. The van der Waals surface area contributed by atoms with Gasteiger partial charge in [-0.2, -0.15) is 0 Å². The normalized spacial score (nSPS) is 12.9. The summed E-state index contributed by atoms with van der Waals surface area (Å²) >= 11 is 0. The van der Waals surface area contributed by atoms with Gasteiger partial charge < -0.3 is 0 Å². The third kappa shape index (κ3) is 2.71. The summed E-state index contributed by atoms with van der Waals surface area (Å²) in [7, 11) is 0. The zero-order chi connectivity index (χ0) is 8.10. The lowest BCUT2D eigenvalue weighted by Gasteiger charge is -2.05. The largest absolute Gasteiger partial charge is 0.261 e. The first-order valence-electron chi connectivity index (χ1n) is 4.22. The number of hydrogen-bond donors (Lipinski definition) is 0. The van der Waals surface area contributed by atoms with Crippen molar-refractivity contribution in [1.82, 2.24) is 4.98 Å². The average molecular weight is 149 g/mol. The lowest BCUT2D eigenvalue weighted by molar-refractivity contribution is 0.552. The monoisotopic (exact) mass is 149 g/mol. The van der Waals surface area contributed by atoms with Gasteiger partial charge in [0.15, 0.2) is 0 Å². The maximum absolute atomic E-state index is 4.27. The van der Waals surface area contributed by atoms with Crippen molar-refractivity contribution >= 4 is 0 Å². The zero-order valence-corrected chi connectivity index (χ0v) is 7.25. The third-order valence-corrected chi connectivity index (χ3v) is 1.98. The molecule has 0 bridgehead atoms. The Morgan fingerprint density at radius 3 is 2.82 bits per heavy atom. The van der Waals surface area contributed by atoms with Crippen LogP contribution in [-0.4, -0.2) is 4.98 Å². The van der Waals surface area contributed by atoms with E-state index in [1.165, 1.54) is 12.1 Å². The van der Waals surface area contributed by atoms with Gasteiger partial charge in [0.25, 0.3) is 0 Å². The highest BCUT2D eigenvalue weighted by Gasteiger charge is 1.99. The molecule has 1 atom stereocenters. The first-order chi connectivity index (χ1) is 5.33. The highest BCUT2D eigenvalue weighted by molar-refractivity contribution is 5.03. The van der Waals surface area contributed by atoms with Gasteiger partial charge in [0.2, 0.25) is 0 Å². The molecule has 1 aromatic heterocycles. The van der Waals surface area contributed by atoms with Gasteiger partial charge in [-0.05, 0) is 24.5 Å². The summed E-state index contributed by atoms with van der Waals surface area (Å²) in [6.45, 7) is 4.47. The summed E-state index contributed by atoms with van der Waals surface area (Å²) in [5, 5.41) is 0. The number of hydrogen-bond acceptors (Lipinski definition) is 1. The molecule has 0 aliphatic heterocycles. The van der Waals surface area contributed by atoms with Crippen molar-refractivity contribution < 1.29 is 0 Å². The molecule has 0 N–H and O–H groups in total. The van der Waals surface area contributed by atoms with E-state index < -0.39 is 0 Å². The van der Waals surface area contributed by atoms with Gasteiger partial charge >= 0.3 is 0 Å². The molecular formula is C10H15N. The lowest BCUT2D eigenvalue weighted by Crippen LogP contribution is -1.98. The van der Waals surface area contributed by atoms with Crippen LogP contribution in [-0.2, 0) is 6.42 Å². The van der Waals surface area contributed by atoms with E-state index >= 15 is 0 Å². The smallest absolute Gasteiger partial charge is 0.0406 e. The lowest BCUT2D eigenvalue weighted by atomic mass is 10.0. The predicted octanol–water partition coefficient (Wildman–Crippen LogP) is 2.67. The highest BCUT2D eigenvalue weighted by Crippen LogP contribution is 2.07. The second-order valence-corrected chi connectivity index (χ2v) is 3.04. The van der Waals surface area contributed by atoms with E-state index in [0.29, 0.717) is 0 Å². The van der Waals surface area contributed by atoms with Crippen molar-refractivity contribution in [1.29, 1.82) is 0 Å². The average Bonchev–Trinajstić information content (AvgIpc) is 2.06. The Morgan fingerprint density at radius 1 is 1.45 bits per heavy atom. The van der Waals surface area contributed by atoms with Crippen LogP contribution < -0.4 is 0 Å². The predicted molar refractivity (Wildman–Crippen MR) is 47.4 cm³/mol. The molecule has 1 unspecified atom stereocenters. The third-order valence-electron chi connectivity index (χ3n) is 1.98. The fourth-order valence-corrected chi connectivity index (χ4v) is 1.02. The van der Waals surface area contributed by atoms with Crippen LogP contribution in [0.15, 0.2) is 24.4 Å². The second kappa shape index (κ2) is 4.12. The van der Waals surface area contributed by atoms with Crippen LogP contribution in [0.4, 0.5) is 0 Å². The standard InChI is InChI=1S/C10H15N/c1-3-9(2)8-10-6-4-5-7-11-10/h4-7,9H,3,8H2,1-2H3. The summed E-state index contributed by atoms with van der Waals surface area (Å²) in [5.41, 5.74) is 1.21. The summed E-state index contributed by atoms with van der Waals surface area (Å²) in [5.74, 6) is 0.755. The summed E-state index contributed by atoms with van der Waals surface area (Å²) in [6, 6.07) is 6.09. The van der Waals surface area contributed by atoms with Crippen LogP contribution in [0.3, 0.4) is 0 Å². The first-order valence-corrected chi connectivity index (χ1v) is 4.22. The van der Waals surface area contributed by atoms with E-state index in [0.717, 1.165) is 12.3 Å². The van der Waals surface area contributed by atoms with Crippen LogP contribution in [0.2, 0.25) is 0 Å². The first kappa shape index (κ1) is 8.25. The summed E-state index contributed by atoms with van der Waals surface area (Å²) < 4.78 is 0. The minimum absolute atomic E-state index is 0.755. The number of aromatic nitrogens is 1. The van der Waals surface area contributed by atoms with Gasteiger partial charge in [-0.1, -0.05) is 26.3 Å². The molecule has 60 valence electrons. The molecule has 0 aromatic carbocycles. The van der Waals surface area contributed by atoms with E-state index in [1.807, 2.05) is 18.3 Å². The SMILES string of the molecule is CCC(C)Cc1ccccn1. The van der Waals surface area contributed by atoms with E-state index in [9.17, 15) is 0 Å². The van der Waals surface area contributed by atoms with Crippen molar-refractivity contribution in [2.75, 3.05) is 0 Å². The zero-order valence-electron chi connectivity index (χ0n) is 7.25. The maximum atomic E-state index is 4.27. The Bertz CT molecular complexity index is 193. The highest BCUT2D eigenvalue weighted by atomic mass is 14.7. The van der Waals surface area contributed by atoms with E-state index in [2.05, 4.69) is 24.9 Å². The van der Waals surface area contributed by atoms with Gasteiger partial charge in [0.05, 0.1) is 0 Å². The molecule has 0 saturated heterocycles. The van der Waals surface area contributed by atoms with Crippen LogP contribution in [0, 0.1) is 5.92 Å². The molecule has 0 fully saturated rings. The van der Waals surface area contributed by atoms with Crippen molar-refractivity contribution in [3.8, 4) is 0 Å². The Hall–Kier alpha value is -0.850.